The Kier molecular flexibility index (Phi) is 9.14. The minimum atomic E-state index is -5.10. The number of carbonyl (C=O) groups excluding carboxylic acids is 2. The fourth-order valence-corrected chi connectivity index (χ4v) is 5.08. The summed E-state index contributed by atoms with van der Waals surface area (Å²) in [5.41, 5.74) is 11.2. The van der Waals surface area contributed by atoms with Crippen molar-refractivity contribution in [3.63, 3.8) is 0 Å². The molecule has 0 bridgehead atoms. The number of primary amides is 1. The minimum Gasteiger partial charge on any atom is -0.457 e. The van der Waals surface area contributed by atoms with Crippen molar-refractivity contribution in [1.29, 1.82) is 0 Å². The molecule has 2 heterocycles. The Labute approximate surface area is 255 Å². The maximum absolute atomic E-state index is 13.5. The van der Waals surface area contributed by atoms with E-state index in [1.54, 1.807) is 48.5 Å². The molecule has 0 aliphatic carbocycles. The highest BCUT2D eigenvalue weighted by molar-refractivity contribution is 6.08. The molecule has 5 N–H and O–H groups in total. The highest BCUT2D eigenvalue weighted by atomic mass is 19.4. The number of nitrogens with two attached hydrogens (primary N) is 1. The lowest BCUT2D eigenvalue weighted by molar-refractivity contribution is -0.200. The van der Waals surface area contributed by atoms with E-state index in [4.69, 9.17) is 5.73 Å². The Morgan fingerprint density at radius 2 is 1.76 bits per heavy atom. The standard InChI is InChI=1S/C33H29F4N5O3/c1-2-23-21(16-39-28(19-7-4-3-5-8-19)18-45-32(44)33(35,36)37)9-6-10-26(23)41-29-24-15-27(20-11-13-22(34)14-12-20)42-31(24)40-17-25(29)30(38)43/h3-15,17,28,39H,2,16,18H2,1H3,(H2,38,43)(H2,40,41,42)/t28-/m1/s1. The maximum Gasteiger partial charge on any atom is 0.490 e. The predicted molar refractivity (Wildman–Crippen MR) is 162 cm³/mol. The van der Waals surface area contributed by atoms with Crippen LogP contribution in [0.3, 0.4) is 0 Å². The van der Waals surface area contributed by atoms with Crippen LogP contribution in [0.1, 0.15) is 40.0 Å². The van der Waals surface area contributed by atoms with Crippen LogP contribution < -0.4 is 16.4 Å². The van der Waals surface area contributed by atoms with Crippen molar-refractivity contribution < 1.29 is 31.9 Å². The molecule has 3 aromatic carbocycles. The van der Waals surface area contributed by atoms with E-state index in [2.05, 4.69) is 25.3 Å². The summed E-state index contributed by atoms with van der Waals surface area (Å²) in [5, 5.41) is 7.17. The number of aromatic nitrogens is 2. The van der Waals surface area contributed by atoms with E-state index in [-0.39, 0.29) is 17.9 Å². The lowest BCUT2D eigenvalue weighted by atomic mass is 10.0. The number of fused-ring (bicyclic) bond motifs is 1. The van der Waals surface area contributed by atoms with E-state index in [1.807, 2.05) is 25.1 Å². The summed E-state index contributed by atoms with van der Waals surface area (Å²) in [7, 11) is 0. The number of ether oxygens (including phenoxy) is 1. The number of benzene rings is 3. The van der Waals surface area contributed by atoms with Crippen LogP contribution in [-0.2, 0) is 22.5 Å². The normalized spacial score (nSPS) is 12.2. The summed E-state index contributed by atoms with van der Waals surface area (Å²) < 4.78 is 56.5. The lowest BCUT2D eigenvalue weighted by Gasteiger charge is -2.22. The van der Waals surface area contributed by atoms with Gasteiger partial charge in [0.1, 0.15) is 18.1 Å². The Hall–Kier alpha value is -5.23. The van der Waals surface area contributed by atoms with Crippen molar-refractivity contribution in [3.8, 4) is 11.3 Å². The van der Waals surface area contributed by atoms with Gasteiger partial charge in [-0.05, 0) is 65.1 Å². The first-order chi connectivity index (χ1) is 21.5. The van der Waals surface area contributed by atoms with Gasteiger partial charge in [0.25, 0.3) is 5.91 Å². The molecule has 0 saturated carbocycles. The van der Waals surface area contributed by atoms with Gasteiger partial charge in [0.15, 0.2) is 0 Å². The van der Waals surface area contributed by atoms with Gasteiger partial charge in [0.2, 0.25) is 0 Å². The van der Waals surface area contributed by atoms with Crippen LogP contribution in [0.4, 0.5) is 28.9 Å². The molecule has 0 radical (unpaired) electrons. The number of halogens is 4. The van der Waals surface area contributed by atoms with Gasteiger partial charge in [-0.2, -0.15) is 13.2 Å². The number of aromatic amines is 1. The predicted octanol–water partition coefficient (Wildman–Crippen LogP) is 6.71. The molecule has 8 nitrogen and oxygen atoms in total. The number of rotatable bonds is 11. The molecule has 232 valence electrons. The Morgan fingerprint density at radius 3 is 2.42 bits per heavy atom. The van der Waals surface area contributed by atoms with Crippen LogP contribution in [0.25, 0.3) is 22.3 Å². The number of carbonyl (C=O) groups is 2. The third kappa shape index (κ3) is 7.13. The largest absolute Gasteiger partial charge is 0.490 e. The third-order valence-corrected chi connectivity index (χ3v) is 7.32. The second-order valence-electron chi connectivity index (χ2n) is 10.2. The van der Waals surface area contributed by atoms with E-state index in [9.17, 15) is 27.2 Å². The molecule has 1 atom stereocenters. The van der Waals surface area contributed by atoms with Gasteiger partial charge in [-0.3, -0.25) is 4.79 Å². The molecule has 0 aliphatic rings. The van der Waals surface area contributed by atoms with Crippen LogP contribution in [0.5, 0.6) is 0 Å². The zero-order valence-corrected chi connectivity index (χ0v) is 24.0. The fraction of sp³-hybridized carbons (Fsp3) is 0.182. The van der Waals surface area contributed by atoms with Gasteiger partial charge in [-0.1, -0.05) is 49.4 Å². The Bertz CT molecular complexity index is 1820. The van der Waals surface area contributed by atoms with Crippen LogP contribution in [0.2, 0.25) is 0 Å². The molecule has 0 aliphatic heterocycles. The summed E-state index contributed by atoms with van der Waals surface area (Å²) in [6.45, 7) is 1.65. The molecule has 0 fully saturated rings. The monoisotopic (exact) mass is 619 g/mol. The van der Waals surface area contributed by atoms with E-state index in [0.29, 0.717) is 40.1 Å². The summed E-state index contributed by atoms with van der Waals surface area (Å²) in [6.07, 6.45) is -3.16. The van der Waals surface area contributed by atoms with Crippen LogP contribution in [0, 0.1) is 5.82 Å². The number of amides is 1. The second-order valence-corrected chi connectivity index (χ2v) is 10.2. The van der Waals surface area contributed by atoms with Gasteiger partial charge in [-0.15, -0.1) is 0 Å². The zero-order chi connectivity index (χ0) is 32.1. The Morgan fingerprint density at radius 1 is 1.02 bits per heavy atom. The first-order valence-corrected chi connectivity index (χ1v) is 14.0. The van der Waals surface area contributed by atoms with Gasteiger partial charge >= 0.3 is 12.1 Å². The average molecular weight is 620 g/mol. The SMILES string of the molecule is CCc1c(CN[C@H](COC(=O)C(F)(F)F)c2ccccc2)cccc1Nc1c(C(N)=O)cnc2[nH]c(-c3ccc(F)cc3)cc12. The molecule has 0 spiro atoms. The highest BCUT2D eigenvalue weighted by Crippen LogP contribution is 2.34. The van der Waals surface area contributed by atoms with Gasteiger partial charge in [0, 0.05) is 29.5 Å². The first-order valence-electron chi connectivity index (χ1n) is 14.0. The number of nitrogens with one attached hydrogen (secondary N) is 3. The number of hydrogen-bond donors (Lipinski definition) is 4. The van der Waals surface area contributed by atoms with Crippen molar-refractivity contribution >= 4 is 34.3 Å². The lowest BCUT2D eigenvalue weighted by Crippen LogP contribution is -2.31. The highest BCUT2D eigenvalue weighted by Gasteiger charge is 2.41. The molecule has 12 heteroatoms. The number of pyridine rings is 1. The molecule has 5 rings (SSSR count). The summed E-state index contributed by atoms with van der Waals surface area (Å²) in [4.78, 5) is 31.4. The number of anilines is 2. The summed E-state index contributed by atoms with van der Waals surface area (Å²) in [5.74, 6) is -3.32. The van der Waals surface area contributed by atoms with Crippen molar-refractivity contribution in [2.75, 3.05) is 11.9 Å². The molecular formula is C33H29F4N5O3. The fourth-order valence-electron chi connectivity index (χ4n) is 5.08. The van der Waals surface area contributed by atoms with E-state index in [1.165, 1.54) is 18.3 Å². The zero-order valence-electron chi connectivity index (χ0n) is 24.0. The second kappa shape index (κ2) is 13.2. The first kappa shape index (κ1) is 31.2. The summed E-state index contributed by atoms with van der Waals surface area (Å²) >= 11 is 0. The van der Waals surface area contributed by atoms with E-state index >= 15 is 0 Å². The van der Waals surface area contributed by atoms with Crippen molar-refractivity contribution in [3.05, 3.63) is 113 Å². The molecule has 45 heavy (non-hydrogen) atoms. The van der Waals surface area contributed by atoms with Gasteiger partial charge in [0.05, 0.1) is 17.3 Å². The number of hydrogen-bond acceptors (Lipinski definition) is 6. The Balaban J connectivity index is 1.45. The molecule has 0 unspecified atom stereocenters. The average Bonchev–Trinajstić information content (AvgIpc) is 3.46. The number of H-pyrrole nitrogens is 1. The number of nitrogens with zero attached hydrogens (tertiary/aromatic N) is 1. The van der Waals surface area contributed by atoms with Gasteiger partial charge in [-0.25, -0.2) is 14.2 Å². The van der Waals surface area contributed by atoms with E-state index in [0.717, 1.165) is 16.7 Å². The molecule has 5 aromatic rings. The van der Waals surface area contributed by atoms with Gasteiger partial charge < -0.3 is 26.1 Å². The summed E-state index contributed by atoms with van der Waals surface area (Å²) in [6, 6.07) is 21.3. The van der Waals surface area contributed by atoms with Crippen LogP contribution in [-0.4, -0.2) is 34.6 Å². The number of alkyl halides is 3. The molecule has 2 aromatic heterocycles. The van der Waals surface area contributed by atoms with Crippen molar-refractivity contribution in [1.82, 2.24) is 15.3 Å². The van der Waals surface area contributed by atoms with Crippen molar-refractivity contribution in [2.24, 2.45) is 5.73 Å². The van der Waals surface area contributed by atoms with Crippen LogP contribution >= 0.6 is 0 Å². The number of esters is 1. The minimum absolute atomic E-state index is 0.161. The smallest absolute Gasteiger partial charge is 0.457 e. The molecule has 1 amide bonds. The third-order valence-electron chi connectivity index (χ3n) is 7.32. The van der Waals surface area contributed by atoms with Crippen molar-refractivity contribution in [2.45, 2.75) is 32.1 Å². The molecular weight excluding hydrogens is 590 g/mol. The quantitative estimate of drug-likeness (QED) is 0.0963. The topological polar surface area (TPSA) is 122 Å². The van der Waals surface area contributed by atoms with Crippen LogP contribution in [0.15, 0.2) is 85.1 Å². The molecule has 0 saturated heterocycles. The maximum atomic E-state index is 13.5. The van der Waals surface area contributed by atoms with E-state index < -0.39 is 30.7 Å².